The quantitative estimate of drug-likeness (QED) is 0.684. The summed E-state index contributed by atoms with van der Waals surface area (Å²) in [6, 6.07) is 14.0. The largest absolute Gasteiger partial charge is 0.340 e. The topological polar surface area (TPSA) is 84.0 Å². The Balaban J connectivity index is 1.76. The third kappa shape index (κ3) is 4.27. The molecule has 3 aromatic rings. The number of rotatable bonds is 5. The number of nitrogens with zero attached hydrogens (tertiary/aromatic N) is 2. The maximum absolute atomic E-state index is 13.2. The molecule has 3 rings (SSSR count). The van der Waals surface area contributed by atoms with Crippen LogP contribution in [0.1, 0.15) is 27.8 Å². The SMILES string of the molecule is CC(=O)c1cccc(Nc2cc(C(=O)Nc3cccc(F)c3)ncn2)c1. The number of carbonyl (C=O) groups is 2. The summed E-state index contributed by atoms with van der Waals surface area (Å²) in [4.78, 5) is 31.7. The van der Waals surface area contributed by atoms with Gasteiger partial charge in [0.15, 0.2) is 5.78 Å². The van der Waals surface area contributed by atoms with E-state index in [0.717, 1.165) is 0 Å². The minimum atomic E-state index is -0.487. The molecule has 1 heterocycles. The van der Waals surface area contributed by atoms with Crippen LogP contribution >= 0.6 is 0 Å². The number of carbonyl (C=O) groups excluding carboxylic acids is 2. The number of halogens is 1. The van der Waals surface area contributed by atoms with Crippen LogP contribution in [0.2, 0.25) is 0 Å². The molecular weight excluding hydrogens is 335 g/mol. The Kier molecular flexibility index (Phi) is 4.98. The third-order valence-corrected chi connectivity index (χ3v) is 3.52. The fourth-order valence-corrected chi connectivity index (χ4v) is 2.28. The van der Waals surface area contributed by atoms with Gasteiger partial charge >= 0.3 is 0 Å². The summed E-state index contributed by atoms with van der Waals surface area (Å²) in [6.45, 7) is 1.48. The van der Waals surface area contributed by atoms with Crippen LogP contribution in [-0.2, 0) is 0 Å². The van der Waals surface area contributed by atoms with E-state index in [9.17, 15) is 14.0 Å². The van der Waals surface area contributed by atoms with Gasteiger partial charge in [-0.3, -0.25) is 9.59 Å². The monoisotopic (exact) mass is 350 g/mol. The summed E-state index contributed by atoms with van der Waals surface area (Å²) in [5.74, 6) is -0.590. The summed E-state index contributed by atoms with van der Waals surface area (Å²) in [7, 11) is 0. The van der Waals surface area contributed by atoms with Crippen LogP contribution in [0.5, 0.6) is 0 Å². The second kappa shape index (κ2) is 7.52. The van der Waals surface area contributed by atoms with Crippen LogP contribution in [0.3, 0.4) is 0 Å². The molecule has 0 radical (unpaired) electrons. The summed E-state index contributed by atoms with van der Waals surface area (Å²) in [5, 5.41) is 5.60. The van der Waals surface area contributed by atoms with Crippen molar-refractivity contribution in [3.63, 3.8) is 0 Å². The van der Waals surface area contributed by atoms with Crippen molar-refractivity contribution in [1.29, 1.82) is 0 Å². The third-order valence-electron chi connectivity index (χ3n) is 3.52. The highest BCUT2D eigenvalue weighted by Crippen LogP contribution is 2.17. The van der Waals surface area contributed by atoms with Crippen LogP contribution in [0.25, 0.3) is 0 Å². The van der Waals surface area contributed by atoms with E-state index in [2.05, 4.69) is 20.6 Å². The Morgan fingerprint density at radius 3 is 2.50 bits per heavy atom. The van der Waals surface area contributed by atoms with Gasteiger partial charge in [0.25, 0.3) is 5.91 Å². The van der Waals surface area contributed by atoms with Crippen LogP contribution in [0.4, 0.5) is 21.6 Å². The highest BCUT2D eigenvalue weighted by Gasteiger charge is 2.10. The normalized spacial score (nSPS) is 10.2. The van der Waals surface area contributed by atoms with E-state index in [4.69, 9.17) is 0 Å². The van der Waals surface area contributed by atoms with E-state index < -0.39 is 11.7 Å². The molecule has 0 unspecified atom stereocenters. The minimum Gasteiger partial charge on any atom is -0.340 e. The van der Waals surface area contributed by atoms with Gasteiger partial charge in [-0.15, -0.1) is 0 Å². The van der Waals surface area contributed by atoms with Crippen molar-refractivity contribution < 1.29 is 14.0 Å². The Labute approximate surface area is 149 Å². The van der Waals surface area contributed by atoms with Gasteiger partial charge in [0.05, 0.1) is 0 Å². The number of aromatic nitrogens is 2. The molecule has 130 valence electrons. The fourth-order valence-electron chi connectivity index (χ4n) is 2.28. The second-order valence-corrected chi connectivity index (χ2v) is 5.51. The van der Waals surface area contributed by atoms with Crippen molar-refractivity contribution in [2.24, 2.45) is 0 Å². The summed E-state index contributed by atoms with van der Waals surface area (Å²) in [6.07, 6.45) is 1.25. The maximum Gasteiger partial charge on any atom is 0.274 e. The zero-order valence-corrected chi connectivity index (χ0v) is 13.9. The number of Topliss-reactive ketones (excluding diaryl/α,β-unsaturated/α-hetero) is 1. The lowest BCUT2D eigenvalue weighted by Gasteiger charge is -2.08. The molecular formula is C19H15FN4O2. The Hall–Kier alpha value is -3.61. The van der Waals surface area contributed by atoms with Crippen molar-refractivity contribution >= 4 is 28.9 Å². The average molecular weight is 350 g/mol. The number of hydrogen-bond donors (Lipinski definition) is 2. The molecule has 0 spiro atoms. The molecule has 2 aromatic carbocycles. The predicted octanol–water partition coefficient (Wildman–Crippen LogP) is 3.81. The summed E-state index contributed by atoms with van der Waals surface area (Å²) < 4.78 is 13.2. The second-order valence-electron chi connectivity index (χ2n) is 5.51. The molecule has 0 fully saturated rings. The van der Waals surface area contributed by atoms with Crippen molar-refractivity contribution in [2.75, 3.05) is 10.6 Å². The van der Waals surface area contributed by atoms with Crippen LogP contribution in [0, 0.1) is 5.82 Å². The van der Waals surface area contributed by atoms with Crippen molar-refractivity contribution in [3.8, 4) is 0 Å². The van der Waals surface area contributed by atoms with Crippen molar-refractivity contribution in [3.05, 3.63) is 78.0 Å². The molecule has 0 aliphatic rings. The fraction of sp³-hybridized carbons (Fsp3) is 0.0526. The molecule has 1 aromatic heterocycles. The number of nitrogens with one attached hydrogen (secondary N) is 2. The number of anilines is 3. The van der Waals surface area contributed by atoms with E-state index in [-0.39, 0.29) is 11.5 Å². The first-order valence-corrected chi connectivity index (χ1v) is 7.78. The maximum atomic E-state index is 13.2. The van der Waals surface area contributed by atoms with Gasteiger partial charge in [-0.05, 0) is 37.3 Å². The van der Waals surface area contributed by atoms with Crippen LogP contribution in [0.15, 0.2) is 60.9 Å². The van der Waals surface area contributed by atoms with Crippen molar-refractivity contribution in [2.45, 2.75) is 6.92 Å². The van der Waals surface area contributed by atoms with Gasteiger partial charge in [-0.2, -0.15) is 0 Å². The highest BCUT2D eigenvalue weighted by molar-refractivity contribution is 6.03. The first-order valence-electron chi connectivity index (χ1n) is 7.78. The molecule has 0 bridgehead atoms. The number of hydrogen-bond acceptors (Lipinski definition) is 5. The van der Waals surface area contributed by atoms with Gasteiger partial charge in [-0.1, -0.05) is 18.2 Å². The average Bonchev–Trinajstić information content (AvgIpc) is 2.62. The van der Waals surface area contributed by atoms with E-state index in [1.807, 2.05) is 0 Å². The molecule has 0 atom stereocenters. The Morgan fingerprint density at radius 1 is 0.962 bits per heavy atom. The molecule has 1 amide bonds. The molecule has 2 N–H and O–H groups in total. The Bertz CT molecular complexity index is 975. The number of ketones is 1. The van der Waals surface area contributed by atoms with Crippen LogP contribution in [-0.4, -0.2) is 21.7 Å². The molecule has 7 heteroatoms. The molecule has 6 nitrogen and oxygen atoms in total. The van der Waals surface area contributed by atoms with Crippen LogP contribution < -0.4 is 10.6 Å². The molecule has 0 aliphatic carbocycles. The van der Waals surface area contributed by atoms with Gasteiger partial charge in [0, 0.05) is 23.0 Å². The first-order chi connectivity index (χ1) is 12.5. The lowest BCUT2D eigenvalue weighted by molar-refractivity contribution is 0.101. The van der Waals surface area contributed by atoms with Gasteiger partial charge in [0.2, 0.25) is 0 Å². The van der Waals surface area contributed by atoms with E-state index >= 15 is 0 Å². The lowest BCUT2D eigenvalue weighted by atomic mass is 10.1. The number of benzene rings is 2. The molecule has 0 saturated heterocycles. The Morgan fingerprint density at radius 2 is 1.73 bits per heavy atom. The molecule has 26 heavy (non-hydrogen) atoms. The highest BCUT2D eigenvalue weighted by atomic mass is 19.1. The van der Waals surface area contributed by atoms with Gasteiger partial charge < -0.3 is 10.6 Å². The molecule has 0 aliphatic heterocycles. The van der Waals surface area contributed by atoms with E-state index in [1.54, 1.807) is 30.3 Å². The van der Waals surface area contributed by atoms with Gasteiger partial charge in [0.1, 0.15) is 23.7 Å². The van der Waals surface area contributed by atoms with E-state index in [0.29, 0.717) is 22.8 Å². The molecule has 0 saturated carbocycles. The predicted molar refractivity (Wildman–Crippen MR) is 96.1 cm³/mol. The minimum absolute atomic E-state index is 0.0495. The zero-order chi connectivity index (χ0) is 18.5. The van der Waals surface area contributed by atoms with Crippen molar-refractivity contribution in [1.82, 2.24) is 9.97 Å². The van der Waals surface area contributed by atoms with E-state index in [1.165, 1.54) is 37.5 Å². The summed E-state index contributed by atoms with van der Waals surface area (Å²) in [5.41, 5.74) is 1.67. The zero-order valence-electron chi connectivity index (χ0n) is 13.9. The summed E-state index contributed by atoms with van der Waals surface area (Å²) >= 11 is 0. The van der Waals surface area contributed by atoms with Gasteiger partial charge in [-0.25, -0.2) is 14.4 Å². The smallest absolute Gasteiger partial charge is 0.274 e. The first kappa shape index (κ1) is 17.2. The number of amides is 1. The lowest BCUT2D eigenvalue weighted by Crippen LogP contribution is -2.14. The standard InChI is InChI=1S/C19H15FN4O2/c1-12(25)13-4-2-6-15(8-13)23-18-10-17(21-11-22-18)19(26)24-16-7-3-5-14(20)9-16/h2-11H,1H3,(H,24,26)(H,21,22,23).